The summed E-state index contributed by atoms with van der Waals surface area (Å²) in [4.78, 5) is 12.2. The summed E-state index contributed by atoms with van der Waals surface area (Å²) in [5, 5.41) is 1.25. The van der Waals surface area contributed by atoms with E-state index in [1.165, 1.54) is 31.3 Å². The molecule has 0 aliphatic carbocycles. The van der Waals surface area contributed by atoms with Crippen molar-refractivity contribution in [3.8, 4) is 0 Å². The van der Waals surface area contributed by atoms with Gasteiger partial charge in [0, 0.05) is 16.7 Å². The molecule has 1 atom stereocenters. The van der Waals surface area contributed by atoms with Crippen molar-refractivity contribution < 1.29 is 61.9 Å². The molecular formula is C18H16F13NOS. The molecule has 196 valence electrons. The Morgan fingerprint density at radius 2 is 1.21 bits per heavy atom. The standard InChI is InChI=1S/C18H16F13NOS/c1-9(2)11(8-34-10-6-4-3-5-7-10)32-12(33)13(19,20)14(21,22)15(23,24)16(25,26)17(27,28)18(29,30)31/h3-7,9,11H,8H2,1-2H3,(H,32,33)/t11-/m1/s1. The van der Waals surface area contributed by atoms with Crippen molar-refractivity contribution in [3.63, 3.8) is 0 Å². The zero-order valence-corrected chi connectivity index (χ0v) is 17.8. The fourth-order valence-corrected chi connectivity index (χ4v) is 3.46. The topological polar surface area (TPSA) is 29.1 Å². The SMILES string of the molecule is CC(C)[C@@H](CSc1ccccc1)NC(=O)C(F)(F)C(F)(F)C(F)(F)C(F)(F)C(F)(F)C(F)(F)F. The van der Waals surface area contributed by atoms with Crippen molar-refractivity contribution in [1.82, 2.24) is 5.32 Å². The Labute approximate surface area is 188 Å². The van der Waals surface area contributed by atoms with Gasteiger partial charge in [-0.2, -0.15) is 57.1 Å². The average Bonchev–Trinajstić information content (AvgIpc) is 2.69. The molecule has 1 rings (SSSR count). The zero-order valence-electron chi connectivity index (χ0n) is 17.0. The quantitative estimate of drug-likeness (QED) is 0.265. The molecule has 1 aromatic carbocycles. The third-order valence-electron chi connectivity index (χ3n) is 4.51. The number of halogens is 13. The Bertz CT molecular complexity index is 840. The average molecular weight is 541 g/mol. The number of amides is 1. The van der Waals surface area contributed by atoms with Gasteiger partial charge in [0.15, 0.2) is 0 Å². The first-order valence-corrected chi connectivity index (χ1v) is 9.98. The second-order valence-corrected chi connectivity index (χ2v) is 8.41. The number of carbonyl (C=O) groups is 1. The molecule has 34 heavy (non-hydrogen) atoms. The smallest absolute Gasteiger partial charge is 0.347 e. The van der Waals surface area contributed by atoms with Crippen LogP contribution in [0.5, 0.6) is 0 Å². The molecule has 1 amide bonds. The van der Waals surface area contributed by atoms with Crippen molar-refractivity contribution in [2.24, 2.45) is 5.92 Å². The number of rotatable bonds is 10. The summed E-state index contributed by atoms with van der Waals surface area (Å²) < 4.78 is 171. The molecule has 1 N–H and O–H groups in total. The highest BCUT2D eigenvalue weighted by Crippen LogP contribution is 2.60. The molecule has 0 aliphatic rings. The molecule has 0 spiro atoms. The van der Waals surface area contributed by atoms with Gasteiger partial charge in [0.05, 0.1) is 0 Å². The zero-order chi connectivity index (χ0) is 27.0. The number of carbonyl (C=O) groups excluding carboxylic acids is 1. The number of benzene rings is 1. The van der Waals surface area contributed by atoms with Crippen LogP contribution >= 0.6 is 11.8 Å². The van der Waals surface area contributed by atoms with Gasteiger partial charge in [-0.1, -0.05) is 32.0 Å². The van der Waals surface area contributed by atoms with E-state index in [0.717, 1.165) is 11.8 Å². The number of hydrogen-bond donors (Lipinski definition) is 1. The molecule has 0 fully saturated rings. The van der Waals surface area contributed by atoms with E-state index in [1.807, 2.05) is 0 Å². The van der Waals surface area contributed by atoms with E-state index in [1.54, 1.807) is 18.2 Å². The lowest BCUT2D eigenvalue weighted by atomic mass is 9.93. The van der Waals surface area contributed by atoms with Crippen LogP contribution in [0.15, 0.2) is 35.2 Å². The number of nitrogens with one attached hydrogen (secondary N) is 1. The van der Waals surface area contributed by atoms with Gasteiger partial charge in [0.25, 0.3) is 5.91 Å². The van der Waals surface area contributed by atoms with Crippen LogP contribution in [0.25, 0.3) is 0 Å². The molecule has 0 saturated carbocycles. The van der Waals surface area contributed by atoms with Crippen LogP contribution in [0, 0.1) is 5.92 Å². The van der Waals surface area contributed by atoms with Gasteiger partial charge in [-0.05, 0) is 18.1 Å². The maximum absolute atomic E-state index is 14.0. The molecule has 0 heterocycles. The Kier molecular flexibility index (Phi) is 8.56. The van der Waals surface area contributed by atoms with E-state index in [2.05, 4.69) is 0 Å². The van der Waals surface area contributed by atoms with Crippen LogP contribution in [0.1, 0.15) is 13.8 Å². The van der Waals surface area contributed by atoms with Gasteiger partial charge < -0.3 is 5.32 Å². The first-order chi connectivity index (χ1) is 15.1. The van der Waals surface area contributed by atoms with Crippen molar-refractivity contribution >= 4 is 17.7 Å². The highest BCUT2D eigenvalue weighted by molar-refractivity contribution is 7.99. The maximum Gasteiger partial charge on any atom is 0.460 e. The first kappa shape index (κ1) is 30.2. The Morgan fingerprint density at radius 1 is 0.765 bits per heavy atom. The molecule has 2 nitrogen and oxygen atoms in total. The van der Waals surface area contributed by atoms with Crippen molar-refractivity contribution in [2.45, 2.75) is 60.6 Å². The molecule has 0 radical (unpaired) electrons. The summed E-state index contributed by atoms with van der Waals surface area (Å²) in [6.45, 7) is 2.55. The van der Waals surface area contributed by atoms with Gasteiger partial charge in [-0.15, -0.1) is 11.8 Å². The third-order valence-corrected chi connectivity index (χ3v) is 5.64. The lowest BCUT2D eigenvalue weighted by molar-refractivity contribution is -0.436. The van der Waals surface area contributed by atoms with E-state index in [0.29, 0.717) is 4.90 Å². The third kappa shape index (κ3) is 5.20. The molecule has 0 saturated heterocycles. The van der Waals surface area contributed by atoms with E-state index in [-0.39, 0.29) is 5.75 Å². The molecular weight excluding hydrogens is 525 g/mol. The highest BCUT2D eigenvalue weighted by atomic mass is 32.2. The maximum atomic E-state index is 14.0. The predicted octanol–water partition coefficient (Wildman–Crippen LogP) is 6.66. The summed E-state index contributed by atoms with van der Waals surface area (Å²) in [6.07, 6.45) is -7.51. The minimum atomic E-state index is -8.05. The molecule has 16 heteroatoms. The van der Waals surface area contributed by atoms with Crippen LogP contribution in [0.3, 0.4) is 0 Å². The number of hydrogen-bond acceptors (Lipinski definition) is 2. The Morgan fingerprint density at radius 3 is 1.62 bits per heavy atom. The van der Waals surface area contributed by atoms with Gasteiger partial charge in [0.2, 0.25) is 0 Å². The van der Waals surface area contributed by atoms with Crippen LogP contribution < -0.4 is 5.32 Å². The van der Waals surface area contributed by atoms with Crippen LogP contribution in [-0.2, 0) is 4.79 Å². The van der Waals surface area contributed by atoms with Crippen molar-refractivity contribution in [1.29, 1.82) is 0 Å². The second-order valence-electron chi connectivity index (χ2n) is 7.32. The highest BCUT2D eigenvalue weighted by Gasteiger charge is 2.91. The van der Waals surface area contributed by atoms with E-state index >= 15 is 0 Å². The summed E-state index contributed by atoms with van der Waals surface area (Å²) in [5.74, 6) is -42.8. The molecule has 0 bridgehead atoms. The van der Waals surface area contributed by atoms with E-state index in [9.17, 15) is 61.9 Å². The van der Waals surface area contributed by atoms with Crippen LogP contribution in [0.4, 0.5) is 57.1 Å². The lowest BCUT2D eigenvalue weighted by Crippen LogP contribution is -2.72. The fourth-order valence-electron chi connectivity index (χ4n) is 2.27. The minimum absolute atomic E-state index is 0.312. The second kappa shape index (κ2) is 9.64. The summed E-state index contributed by atoms with van der Waals surface area (Å²) in [7, 11) is 0. The van der Waals surface area contributed by atoms with E-state index < -0.39 is 53.7 Å². The first-order valence-electron chi connectivity index (χ1n) is 9.00. The molecule has 0 aromatic heterocycles. The van der Waals surface area contributed by atoms with Gasteiger partial charge >= 0.3 is 35.8 Å². The summed E-state index contributed by atoms with van der Waals surface area (Å²) in [5.41, 5.74) is 0. The normalized spacial score (nSPS) is 15.4. The van der Waals surface area contributed by atoms with Gasteiger partial charge in [-0.25, -0.2) is 0 Å². The molecule has 1 aromatic rings. The fraction of sp³-hybridized carbons (Fsp3) is 0.611. The largest absolute Gasteiger partial charge is 0.460 e. The van der Waals surface area contributed by atoms with Gasteiger partial charge in [-0.3, -0.25) is 4.79 Å². The van der Waals surface area contributed by atoms with Gasteiger partial charge in [0.1, 0.15) is 0 Å². The number of alkyl halides is 13. The molecule has 0 aliphatic heterocycles. The lowest BCUT2D eigenvalue weighted by Gasteiger charge is -2.39. The predicted molar refractivity (Wildman–Crippen MR) is 94.7 cm³/mol. The minimum Gasteiger partial charge on any atom is -0.347 e. The molecule has 0 unspecified atom stereocenters. The Balaban J connectivity index is 3.24. The number of thioether (sulfide) groups is 1. The van der Waals surface area contributed by atoms with Crippen LogP contribution in [0.2, 0.25) is 0 Å². The van der Waals surface area contributed by atoms with Crippen molar-refractivity contribution in [3.05, 3.63) is 30.3 Å². The Hall–Kier alpha value is -1.87. The van der Waals surface area contributed by atoms with Crippen molar-refractivity contribution in [2.75, 3.05) is 5.75 Å². The summed E-state index contributed by atoms with van der Waals surface area (Å²) in [6, 6.07) is 6.31. The van der Waals surface area contributed by atoms with E-state index in [4.69, 9.17) is 0 Å². The van der Waals surface area contributed by atoms with Crippen LogP contribution in [-0.4, -0.2) is 53.5 Å². The summed E-state index contributed by atoms with van der Waals surface area (Å²) >= 11 is 0.893. The monoisotopic (exact) mass is 541 g/mol.